The fourth-order valence-corrected chi connectivity index (χ4v) is 3.71. The molecule has 2 aromatic rings. The number of nitrogens with zero attached hydrogens (tertiary/aromatic N) is 2. The first kappa shape index (κ1) is 17.6. The van der Waals surface area contributed by atoms with Crippen LogP contribution >= 0.6 is 11.3 Å². The van der Waals surface area contributed by atoms with Gasteiger partial charge in [0, 0.05) is 24.2 Å². The van der Waals surface area contributed by atoms with Gasteiger partial charge in [-0.25, -0.2) is 9.78 Å². The van der Waals surface area contributed by atoms with Crippen molar-refractivity contribution in [3.05, 3.63) is 27.7 Å². The molecule has 1 aliphatic heterocycles. The summed E-state index contributed by atoms with van der Waals surface area (Å²) in [6, 6.07) is 1.73. The van der Waals surface area contributed by atoms with Gasteiger partial charge in [0.15, 0.2) is 0 Å². The fourth-order valence-electron chi connectivity index (χ4n) is 3.01. The molecule has 0 bridgehead atoms. The Kier molecular flexibility index (Phi) is 5.19. The Balaban J connectivity index is 1.97. The number of amides is 1. The van der Waals surface area contributed by atoms with Crippen molar-refractivity contribution in [1.82, 2.24) is 9.55 Å². The lowest BCUT2D eigenvalue weighted by molar-refractivity contribution is 0.0526. The van der Waals surface area contributed by atoms with Crippen LogP contribution in [0.4, 0.5) is 0 Å². The smallest absolute Gasteiger partial charge is 0.367 e. The lowest BCUT2D eigenvalue weighted by atomic mass is 10.2. The van der Waals surface area contributed by atoms with Gasteiger partial charge < -0.3 is 19.8 Å². The summed E-state index contributed by atoms with van der Waals surface area (Å²) in [6.07, 6.45) is 2.12. The van der Waals surface area contributed by atoms with Crippen molar-refractivity contribution < 1.29 is 19.1 Å². The zero-order valence-corrected chi connectivity index (χ0v) is 15.1. The quantitative estimate of drug-likeness (QED) is 0.795. The second-order valence-corrected chi connectivity index (χ2v) is 6.76. The standard InChI is InChI=1S/C17H21N3O4S/c1-3-23-17(22)16-19-13(9-25-16)14-7-12(15(18)21)10(2)20(14)8-11-5-4-6-24-11/h7,9,11H,3-6,8H2,1-2H3,(H2,18,21). The van der Waals surface area contributed by atoms with Crippen LogP contribution in [0.3, 0.4) is 0 Å². The van der Waals surface area contributed by atoms with Crippen LogP contribution in [0, 0.1) is 6.92 Å². The number of ether oxygens (including phenoxy) is 2. The van der Waals surface area contributed by atoms with Crippen molar-refractivity contribution >= 4 is 23.2 Å². The molecule has 7 nitrogen and oxygen atoms in total. The van der Waals surface area contributed by atoms with E-state index in [1.807, 2.05) is 11.5 Å². The van der Waals surface area contributed by atoms with Gasteiger partial charge in [0.2, 0.25) is 5.01 Å². The molecular weight excluding hydrogens is 342 g/mol. The lowest BCUT2D eigenvalue weighted by Crippen LogP contribution is -2.18. The van der Waals surface area contributed by atoms with Gasteiger partial charge in [-0.05, 0) is 32.8 Å². The Labute approximate surface area is 149 Å². The third kappa shape index (κ3) is 3.59. The second kappa shape index (κ2) is 7.37. The molecule has 1 unspecified atom stereocenters. The number of hydrogen-bond acceptors (Lipinski definition) is 6. The number of esters is 1. The first-order valence-electron chi connectivity index (χ1n) is 8.25. The Morgan fingerprint density at radius 3 is 2.96 bits per heavy atom. The van der Waals surface area contributed by atoms with Gasteiger partial charge in [-0.2, -0.15) is 0 Å². The van der Waals surface area contributed by atoms with E-state index in [2.05, 4.69) is 4.98 Å². The summed E-state index contributed by atoms with van der Waals surface area (Å²) in [5.74, 6) is -0.923. The maximum absolute atomic E-state index is 11.9. The largest absolute Gasteiger partial charge is 0.461 e. The predicted octanol–water partition coefficient (Wildman–Crippen LogP) is 2.37. The SMILES string of the molecule is CCOC(=O)c1nc(-c2cc(C(N)=O)c(C)n2CC2CCCO2)cs1. The van der Waals surface area contributed by atoms with Crippen molar-refractivity contribution in [2.75, 3.05) is 13.2 Å². The summed E-state index contributed by atoms with van der Waals surface area (Å²) in [7, 11) is 0. The minimum absolute atomic E-state index is 0.105. The molecule has 2 aromatic heterocycles. The van der Waals surface area contributed by atoms with Crippen molar-refractivity contribution in [3.8, 4) is 11.4 Å². The number of nitrogens with two attached hydrogens (primary N) is 1. The van der Waals surface area contributed by atoms with Crippen LogP contribution in [0.5, 0.6) is 0 Å². The molecule has 1 atom stereocenters. The van der Waals surface area contributed by atoms with E-state index in [0.717, 1.165) is 30.8 Å². The van der Waals surface area contributed by atoms with Gasteiger partial charge in [0.05, 0.1) is 29.7 Å². The molecule has 2 N–H and O–H groups in total. The van der Waals surface area contributed by atoms with Crippen LogP contribution in [0.25, 0.3) is 11.4 Å². The molecule has 1 saturated heterocycles. The molecule has 0 saturated carbocycles. The van der Waals surface area contributed by atoms with Crippen LogP contribution < -0.4 is 5.73 Å². The predicted molar refractivity (Wildman–Crippen MR) is 93.7 cm³/mol. The van der Waals surface area contributed by atoms with Crippen LogP contribution in [0.2, 0.25) is 0 Å². The summed E-state index contributed by atoms with van der Waals surface area (Å²) < 4.78 is 12.7. The van der Waals surface area contributed by atoms with E-state index in [0.29, 0.717) is 29.4 Å². The van der Waals surface area contributed by atoms with Crippen LogP contribution in [0.15, 0.2) is 11.4 Å². The Morgan fingerprint density at radius 1 is 1.52 bits per heavy atom. The number of primary amides is 1. The van der Waals surface area contributed by atoms with Gasteiger partial charge >= 0.3 is 5.97 Å². The normalized spacial score (nSPS) is 17.0. The number of rotatable bonds is 6. The molecule has 3 heterocycles. The highest BCUT2D eigenvalue weighted by molar-refractivity contribution is 7.11. The van der Waals surface area contributed by atoms with Gasteiger partial charge in [0.25, 0.3) is 5.91 Å². The van der Waals surface area contributed by atoms with Gasteiger partial charge in [-0.3, -0.25) is 4.79 Å². The molecule has 134 valence electrons. The van der Waals surface area contributed by atoms with Crippen molar-refractivity contribution in [1.29, 1.82) is 0 Å². The van der Waals surface area contributed by atoms with Gasteiger partial charge in [-0.1, -0.05) is 0 Å². The van der Waals surface area contributed by atoms with Gasteiger partial charge in [0.1, 0.15) is 0 Å². The monoisotopic (exact) mass is 363 g/mol. The first-order valence-corrected chi connectivity index (χ1v) is 9.13. The molecule has 25 heavy (non-hydrogen) atoms. The van der Waals surface area contributed by atoms with E-state index in [1.165, 1.54) is 11.3 Å². The zero-order chi connectivity index (χ0) is 18.0. The lowest BCUT2D eigenvalue weighted by Gasteiger charge is -2.15. The van der Waals surface area contributed by atoms with E-state index in [-0.39, 0.29) is 6.10 Å². The van der Waals surface area contributed by atoms with E-state index >= 15 is 0 Å². The minimum Gasteiger partial charge on any atom is -0.461 e. The average molecular weight is 363 g/mol. The number of thiazole rings is 1. The highest BCUT2D eigenvalue weighted by Crippen LogP contribution is 2.29. The molecule has 0 radical (unpaired) electrons. The number of carbonyl (C=O) groups is 2. The average Bonchev–Trinajstić information content (AvgIpc) is 3.29. The van der Waals surface area contributed by atoms with Crippen molar-refractivity contribution in [2.24, 2.45) is 5.73 Å². The maximum Gasteiger partial charge on any atom is 0.367 e. The Bertz CT molecular complexity index is 790. The maximum atomic E-state index is 11.9. The molecular formula is C17H21N3O4S. The number of carbonyl (C=O) groups excluding carboxylic acids is 2. The topological polar surface area (TPSA) is 96.4 Å². The molecule has 1 aliphatic rings. The highest BCUT2D eigenvalue weighted by Gasteiger charge is 2.24. The summed E-state index contributed by atoms with van der Waals surface area (Å²) in [6.45, 7) is 5.29. The minimum atomic E-state index is -0.481. The molecule has 3 rings (SSSR count). The summed E-state index contributed by atoms with van der Waals surface area (Å²) in [5, 5.41) is 2.08. The van der Waals surface area contributed by atoms with E-state index in [4.69, 9.17) is 15.2 Å². The summed E-state index contributed by atoms with van der Waals surface area (Å²) in [4.78, 5) is 28.0. The summed E-state index contributed by atoms with van der Waals surface area (Å²) >= 11 is 1.22. The first-order chi connectivity index (χ1) is 12.0. The summed E-state index contributed by atoms with van der Waals surface area (Å²) in [5.41, 5.74) is 8.12. The number of hydrogen-bond donors (Lipinski definition) is 1. The van der Waals surface area contributed by atoms with Crippen molar-refractivity contribution in [3.63, 3.8) is 0 Å². The highest BCUT2D eigenvalue weighted by atomic mass is 32.1. The van der Waals surface area contributed by atoms with E-state index in [1.54, 1.807) is 18.4 Å². The molecule has 1 amide bonds. The zero-order valence-electron chi connectivity index (χ0n) is 14.3. The molecule has 1 fully saturated rings. The van der Waals surface area contributed by atoms with E-state index < -0.39 is 11.9 Å². The van der Waals surface area contributed by atoms with E-state index in [9.17, 15) is 9.59 Å². The third-order valence-corrected chi connectivity index (χ3v) is 5.08. The molecule has 0 spiro atoms. The van der Waals surface area contributed by atoms with Crippen LogP contribution in [-0.4, -0.2) is 40.7 Å². The second-order valence-electron chi connectivity index (χ2n) is 5.90. The Morgan fingerprint density at radius 2 is 2.32 bits per heavy atom. The molecule has 8 heteroatoms. The fraction of sp³-hybridized carbons (Fsp3) is 0.471. The van der Waals surface area contributed by atoms with Crippen molar-refractivity contribution in [2.45, 2.75) is 39.3 Å². The van der Waals surface area contributed by atoms with Crippen LogP contribution in [-0.2, 0) is 16.0 Å². The number of aromatic nitrogens is 2. The van der Waals surface area contributed by atoms with Crippen LogP contribution in [0.1, 0.15) is 45.6 Å². The molecule has 0 aromatic carbocycles. The third-order valence-electron chi connectivity index (χ3n) is 4.26. The van der Waals surface area contributed by atoms with Gasteiger partial charge in [-0.15, -0.1) is 11.3 Å². The molecule has 0 aliphatic carbocycles. The Hall–Kier alpha value is -2.19.